The lowest BCUT2D eigenvalue weighted by Crippen LogP contribution is -2.40. The molecular weight excluding hydrogens is 357 g/mol. The van der Waals surface area contributed by atoms with Crippen LogP contribution in [0.15, 0.2) is 22.7 Å². The van der Waals surface area contributed by atoms with Crippen molar-refractivity contribution in [2.75, 3.05) is 6.54 Å². The molecule has 0 N–H and O–H groups in total. The summed E-state index contributed by atoms with van der Waals surface area (Å²) < 4.78 is 37.9. The van der Waals surface area contributed by atoms with Gasteiger partial charge in [-0.05, 0) is 34.8 Å². The Morgan fingerprint density at radius 1 is 1.43 bits per heavy atom. The van der Waals surface area contributed by atoms with Crippen LogP contribution in [0.2, 0.25) is 0 Å². The largest absolute Gasteiger partial charge is 0.406 e. The smallest absolute Gasteiger partial charge is 0.327 e. The van der Waals surface area contributed by atoms with E-state index in [1.807, 2.05) is 0 Å². The van der Waals surface area contributed by atoms with Crippen LogP contribution in [0.5, 0.6) is 0 Å². The summed E-state index contributed by atoms with van der Waals surface area (Å²) in [5, 5.41) is 10.7. The zero-order valence-corrected chi connectivity index (χ0v) is 12.1. The quantitative estimate of drug-likeness (QED) is 0.604. The maximum Gasteiger partial charge on any atom is 0.406 e. The van der Waals surface area contributed by atoms with E-state index in [0.717, 1.165) is 11.0 Å². The summed E-state index contributed by atoms with van der Waals surface area (Å²) in [5.41, 5.74) is -0.482. The Labute approximate surface area is 126 Å². The lowest BCUT2D eigenvalue weighted by Gasteiger charge is -2.24. The van der Waals surface area contributed by atoms with Crippen LogP contribution in [0.25, 0.3) is 0 Å². The van der Waals surface area contributed by atoms with Gasteiger partial charge in [0.05, 0.1) is 10.5 Å². The van der Waals surface area contributed by atoms with Crippen molar-refractivity contribution in [1.82, 2.24) is 4.90 Å². The van der Waals surface area contributed by atoms with Crippen molar-refractivity contribution in [2.45, 2.75) is 25.1 Å². The van der Waals surface area contributed by atoms with Gasteiger partial charge in [-0.2, -0.15) is 13.2 Å². The van der Waals surface area contributed by atoms with Crippen molar-refractivity contribution >= 4 is 27.5 Å². The third kappa shape index (κ3) is 3.93. The number of hydrogen-bond donors (Lipinski definition) is 0. The maximum absolute atomic E-state index is 12.6. The number of carbonyl (C=O) groups excluding carboxylic acids is 1. The molecule has 1 aliphatic rings. The summed E-state index contributed by atoms with van der Waals surface area (Å²) in [6.45, 7) is -1.36. The van der Waals surface area contributed by atoms with E-state index in [9.17, 15) is 28.1 Å². The molecule has 0 bridgehead atoms. The molecule has 0 aromatic heterocycles. The number of benzene rings is 1. The number of amides is 1. The SMILES string of the molecule is O=C(c1cc([N+](=O)[O-])ccc1Br)N(CC(F)(F)F)C1CC1. The van der Waals surface area contributed by atoms with Gasteiger partial charge in [0.25, 0.3) is 11.6 Å². The number of alkyl halides is 3. The Hall–Kier alpha value is -1.64. The van der Waals surface area contributed by atoms with Crippen LogP contribution in [-0.2, 0) is 0 Å². The van der Waals surface area contributed by atoms with E-state index in [1.165, 1.54) is 12.1 Å². The monoisotopic (exact) mass is 366 g/mol. The molecule has 1 aliphatic carbocycles. The summed E-state index contributed by atoms with van der Waals surface area (Å²) in [5.74, 6) is -0.856. The molecule has 1 fully saturated rings. The molecule has 9 heteroatoms. The zero-order chi connectivity index (χ0) is 15.8. The van der Waals surface area contributed by atoms with Crippen LogP contribution in [0.4, 0.5) is 18.9 Å². The predicted molar refractivity (Wildman–Crippen MR) is 70.9 cm³/mol. The van der Waals surface area contributed by atoms with Gasteiger partial charge in [-0.1, -0.05) is 0 Å². The number of non-ortho nitro benzene ring substituents is 1. The van der Waals surface area contributed by atoms with Gasteiger partial charge in [0.15, 0.2) is 0 Å². The van der Waals surface area contributed by atoms with Crippen LogP contribution in [0.1, 0.15) is 23.2 Å². The highest BCUT2D eigenvalue weighted by Crippen LogP contribution is 2.33. The van der Waals surface area contributed by atoms with E-state index >= 15 is 0 Å². The maximum atomic E-state index is 12.6. The molecule has 114 valence electrons. The van der Waals surface area contributed by atoms with Gasteiger partial charge in [0.1, 0.15) is 6.54 Å². The Morgan fingerprint density at radius 3 is 2.52 bits per heavy atom. The number of nitro groups is 1. The standard InChI is InChI=1S/C12H10BrF3N2O3/c13-10-4-3-8(18(20)21)5-9(10)11(19)17(7-1-2-7)6-12(14,15)16/h3-5,7H,1-2,6H2. The first kappa shape index (κ1) is 15.7. The Morgan fingerprint density at radius 2 is 2.05 bits per heavy atom. The van der Waals surface area contributed by atoms with Gasteiger partial charge in [-0.25, -0.2) is 0 Å². The zero-order valence-electron chi connectivity index (χ0n) is 10.6. The first-order chi connectivity index (χ1) is 9.69. The molecule has 2 rings (SSSR count). The summed E-state index contributed by atoms with van der Waals surface area (Å²) in [4.78, 5) is 23.0. The highest BCUT2D eigenvalue weighted by molar-refractivity contribution is 9.10. The average Bonchev–Trinajstić information content (AvgIpc) is 3.18. The van der Waals surface area contributed by atoms with Crippen molar-refractivity contribution in [1.29, 1.82) is 0 Å². The normalized spacial score (nSPS) is 14.9. The summed E-state index contributed by atoms with van der Waals surface area (Å²) in [7, 11) is 0. The second-order valence-electron chi connectivity index (χ2n) is 4.70. The molecule has 0 unspecified atom stereocenters. The summed E-state index contributed by atoms with van der Waals surface area (Å²) >= 11 is 3.05. The predicted octanol–water partition coefficient (Wildman–Crippen LogP) is 3.52. The van der Waals surface area contributed by atoms with Crippen LogP contribution in [0, 0.1) is 10.1 Å². The highest BCUT2D eigenvalue weighted by atomic mass is 79.9. The third-order valence-electron chi connectivity index (χ3n) is 2.99. The van der Waals surface area contributed by atoms with Gasteiger partial charge in [0.2, 0.25) is 0 Å². The molecule has 0 atom stereocenters. The highest BCUT2D eigenvalue weighted by Gasteiger charge is 2.41. The number of nitrogens with zero attached hydrogens (tertiary/aromatic N) is 2. The van der Waals surface area contributed by atoms with Crippen LogP contribution < -0.4 is 0 Å². The van der Waals surface area contributed by atoms with Gasteiger partial charge in [-0.3, -0.25) is 14.9 Å². The van der Waals surface area contributed by atoms with Crippen LogP contribution >= 0.6 is 15.9 Å². The molecule has 1 aromatic rings. The van der Waals surface area contributed by atoms with Crippen molar-refractivity contribution in [3.05, 3.63) is 38.3 Å². The number of hydrogen-bond acceptors (Lipinski definition) is 3. The molecule has 1 aromatic carbocycles. The molecule has 0 radical (unpaired) electrons. The Balaban J connectivity index is 2.32. The molecule has 21 heavy (non-hydrogen) atoms. The van der Waals surface area contributed by atoms with E-state index in [2.05, 4.69) is 15.9 Å². The first-order valence-electron chi connectivity index (χ1n) is 6.00. The summed E-state index contributed by atoms with van der Waals surface area (Å²) in [6, 6.07) is 2.99. The van der Waals surface area contributed by atoms with Gasteiger partial charge < -0.3 is 4.90 Å². The van der Waals surface area contributed by atoms with Gasteiger partial charge in [0, 0.05) is 22.6 Å². The van der Waals surface area contributed by atoms with E-state index in [-0.39, 0.29) is 15.7 Å². The average molecular weight is 367 g/mol. The second kappa shape index (κ2) is 5.63. The van der Waals surface area contributed by atoms with E-state index in [0.29, 0.717) is 12.8 Å². The summed E-state index contributed by atoms with van der Waals surface area (Å²) in [6.07, 6.45) is -3.49. The van der Waals surface area contributed by atoms with Gasteiger partial charge in [-0.15, -0.1) is 0 Å². The molecular formula is C12H10BrF3N2O3. The molecule has 0 heterocycles. The fraction of sp³-hybridized carbons (Fsp3) is 0.417. The van der Waals surface area contributed by atoms with Gasteiger partial charge >= 0.3 is 6.18 Å². The second-order valence-corrected chi connectivity index (χ2v) is 5.56. The van der Waals surface area contributed by atoms with E-state index < -0.39 is 29.6 Å². The molecule has 1 saturated carbocycles. The Bertz CT molecular complexity index is 588. The third-order valence-corrected chi connectivity index (χ3v) is 3.68. The van der Waals surface area contributed by atoms with Crippen LogP contribution in [0.3, 0.4) is 0 Å². The minimum Gasteiger partial charge on any atom is -0.327 e. The van der Waals surface area contributed by atoms with Crippen molar-refractivity contribution in [3.63, 3.8) is 0 Å². The molecule has 1 amide bonds. The lowest BCUT2D eigenvalue weighted by atomic mass is 10.1. The minimum atomic E-state index is -4.51. The lowest BCUT2D eigenvalue weighted by molar-refractivity contribution is -0.384. The van der Waals surface area contributed by atoms with E-state index in [1.54, 1.807) is 0 Å². The van der Waals surface area contributed by atoms with Crippen molar-refractivity contribution < 1.29 is 22.9 Å². The minimum absolute atomic E-state index is 0.139. The number of halogens is 4. The fourth-order valence-electron chi connectivity index (χ4n) is 1.89. The number of nitro benzene ring substituents is 1. The Kier molecular flexibility index (Phi) is 4.22. The molecule has 0 aliphatic heterocycles. The first-order valence-corrected chi connectivity index (χ1v) is 6.80. The molecule has 0 saturated heterocycles. The number of rotatable bonds is 4. The number of carbonyl (C=O) groups is 1. The van der Waals surface area contributed by atoms with Crippen LogP contribution in [-0.4, -0.2) is 34.5 Å². The van der Waals surface area contributed by atoms with Crippen molar-refractivity contribution in [2.24, 2.45) is 0 Å². The molecule has 5 nitrogen and oxygen atoms in total. The topological polar surface area (TPSA) is 63.4 Å². The fourth-order valence-corrected chi connectivity index (χ4v) is 2.31. The molecule has 0 spiro atoms. The van der Waals surface area contributed by atoms with E-state index in [4.69, 9.17) is 0 Å². The van der Waals surface area contributed by atoms with Crippen molar-refractivity contribution in [3.8, 4) is 0 Å².